The van der Waals surface area contributed by atoms with Crippen LogP contribution in [0.2, 0.25) is 0 Å². The molecule has 0 aliphatic heterocycles. The zero-order chi connectivity index (χ0) is 22.0. The Morgan fingerprint density at radius 3 is 2.55 bits per heavy atom. The van der Waals surface area contributed by atoms with Crippen LogP contribution < -0.4 is 10.0 Å². The first kappa shape index (κ1) is 21.5. The lowest BCUT2D eigenvalue weighted by molar-refractivity contribution is -0.117. The van der Waals surface area contributed by atoms with Gasteiger partial charge in [0.1, 0.15) is 27.8 Å². The van der Waals surface area contributed by atoms with Gasteiger partial charge >= 0.3 is 0 Å². The van der Waals surface area contributed by atoms with Crippen LogP contribution in [0.4, 0.5) is 10.1 Å². The SMILES string of the molecule is O=C(Nc1ccc(Br)cc1F)[C@@H](NS(=O)(=O)c1cccc2nsnc12)c1ccccc1. The summed E-state index contributed by atoms with van der Waals surface area (Å²) in [5, 5.41) is 2.45. The van der Waals surface area contributed by atoms with Gasteiger partial charge in [-0.25, -0.2) is 12.8 Å². The summed E-state index contributed by atoms with van der Waals surface area (Å²) in [6.45, 7) is 0. The number of benzene rings is 3. The minimum absolute atomic E-state index is 0.0702. The van der Waals surface area contributed by atoms with Crippen LogP contribution in [0.15, 0.2) is 76.1 Å². The molecule has 0 radical (unpaired) electrons. The number of aromatic nitrogens is 2. The number of carbonyl (C=O) groups is 1. The molecule has 0 aliphatic rings. The highest BCUT2D eigenvalue weighted by Gasteiger charge is 2.29. The van der Waals surface area contributed by atoms with Crippen LogP contribution in [0.3, 0.4) is 0 Å². The van der Waals surface area contributed by atoms with Gasteiger partial charge in [0, 0.05) is 4.47 Å². The van der Waals surface area contributed by atoms with E-state index in [2.05, 4.69) is 34.7 Å². The zero-order valence-electron chi connectivity index (χ0n) is 15.6. The summed E-state index contributed by atoms with van der Waals surface area (Å²) in [6.07, 6.45) is 0. The Balaban J connectivity index is 1.70. The summed E-state index contributed by atoms with van der Waals surface area (Å²) >= 11 is 4.05. The Labute approximate surface area is 189 Å². The van der Waals surface area contributed by atoms with Gasteiger partial charge in [0.05, 0.1) is 17.4 Å². The van der Waals surface area contributed by atoms with Gasteiger partial charge in [-0.05, 0) is 35.9 Å². The molecule has 158 valence electrons. The predicted octanol–water partition coefficient (Wildman–Crippen LogP) is 4.25. The minimum atomic E-state index is -4.17. The first-order valence-corrected chi connectivity index (χ1v) is 11.9. The lowest BCUT2D eigenvalue weighted by atomic mass is 10.1. The maximum absolute atomic E-state index is 14.2. The van der Waals surface area contributed by atoms with Crippen molar-refractivity contribution < 1.29 is 17.6 Å². The molecule has 1 aromatic heterocycles. The Morgan fingerprint density at radius 2 is 1.81 bits per heavy atom. The summed E-state index contributed by atoms with van der Waals surface area (Å²) in [5.41, 5.74) is 0.973. The Morgan fingerprint density at radius 1 is 1.03 bits per heavy atom. The monoisotopic (exact) mass is 520 g/mol. The molecule has 1 heterocycles. The van der Waals surface area contributed by atoms with E-state index in [4.69, 9.17) is 0 Å². The van der Waals surface area contributed by atoms with Crippen LogP contribution in [-0.2, 0) is 14.8 Å². The van der Waals surface area contributed by atoms with E-state index in [9.17, 15) is 17.6 Å². The van der Waals surface area contributed by atoms with Crippen LogP contribution in [0, 0.1) is 5.82 Å². The minimum Gasteiger partial charge on any atom is -0.322 e. The summed E-state index contributed by atoms with van der Waals surface area (Å²) in [4.78, 5) is 12.9. The fourth-order valence-electron chi connectivity index (χ4n) is 2.93. The maximum Gasteiger partial charge on any atom is 0.247 e. The molecule has 1 amide bonds. The molecular formula is C20H14BrFN4O3S2. The second-order valence-electron chi connectivity index (χ2n) is 6.47. The summed E-state index contributed by atoms with van der Waals surface area (Å²) in [5.74, 6) is -1.39. The third-order valence-electron chi connectivity index (χ3n) is 4.40. The van der Waals surface area contributed by atoms with Crippen molar-refractivity contribution in [1.29, 1.82) is 0 Å². The van der Waals surface area contributed by atoms with Gasteiger partial charge in [-0.1, -0.05) is 52.3 Å². The molecule has 4 aromatic rings. The molecule has 4 rings (SSSR count). The molecule has 0 bridgehead atoms. The van der Waals surface area contributed by atoms with E-state index in [-0.39, 0.29) is 16.1 Å². The lowest BCUT2D eigenvalue weighted by Gasteiger charge is -2.19. The van der Waals surface area contributed by atoms with Gasteiger partial charge in [0.15, 0.2) is 0 Å². The highest BCUT2D eigenvalue weighted by Crippen LogP contribution is 2.25. The number of amides is 1. The number of hydrogen-bond acceptors (Lipinski definition) is 6. The number of sulfonamides is 1. The van der Waals surface area contributed by atoms with Gasteiger partial charge < -0.3 is 5.32 Å². The van der Waals surface area contributed by atoms with Crippen molar-refractivity contribution in [3.8, 4) is 0 Å². The first-order valence-electron chi connectivity index (χ1n) is 8.89. The van der Waals surface area contributed by atoms with Gasteiger partial charge in [-0.15, -0.1) is 0 Å². The topological polar surface area (TPSA) is 101 Å². The number of halogens is 2. The summed E-state index contributed by atoms with van der Waals surface area (Å²) in [7, 11) is -4.17. The highest BCUT2D eigenvalue weighted by atomic mass is 79.9. The molecule has 1 atom stereocenters. The van der Waals surface area contributed by atoms with Crippen LogP contribution in [0.1, 0.15) is 11.6 Å². The number of nitrogens with zero attached hydrogens (tertiary/aromatic N) is 2. The average Bonchev–Trinajstić information content (AvgIpc) is 3.23. The molecule has 0 aliphatic carbocycles. The van der Waals surface area contributed by atoms with Crippen molar-refractivity contribution in [2.75, 3.05) is 5.32 Å². The number of nitrogens with one attached hydrogen (secondary N) is 2. The standard InChI is InChI=1S/C20H14BrFN4O3S2/c21-13-9-10-15(14(22)11-13)23-20(27)18(12-5-2-1-3-6-12)26-31(28,29)17-8-4-7-16-19(17)25-30-24-16/h1-11,18,26H,(H,23,27)/t18-/m0/s1. The van der Waals surface area contributed by atoms with Crippen molar-refractivity contribution in [3.63, 3.8) is 0 Å². The second-order valence-corrected chi connectivity index (χ2v) is 9.59. The largest absolute Gasteiger partial charge is 0.322 e. The Bertz CT molecular complexity index is 1360. The van der Waals surface area contributed by atoms with Crippen LogP contribution in [0.5, 0.6) is 0 Å². The molecule has 3 aromatic carbocycles. The molecule has 0 saturated heterocycles. The highest BCUT2D eigenvalue weighted by molar-refractivity contribution is 9.10. The predicted molar refractivity (Wildman–Crippen MR) is 120 cm³/mol. The van der Waals surface area contributed by atoms with Gasteiger partial charge in [-0.2, -0.15) is 13.5 Å². The quantitative estimate of drug-likeness (QED) is 0.395. The number of carbonyl (C=O) groups excluding carboxylic acids is 1. The Kier molecular flexibility index (Phi) is 6.10. The molecule has 0 unspecified atom stereocenters. The molecule has 7 nitrogen and oxygen atoms in total. The first-order chi connectivity index (χ1) is 14.8. The third-order valence-corrected chi connectivity index (χ3v) is 6.89. The second kappa shape index (κ2) is 8.79. The van der Waals surface area contributed by atoms with E-state index < -0.39 is 27.8 Å². The summed E-state index contributed by atoms with van der Waals surface area (Å²) in [6, 6.07) is 15.7. The summed E-state index contributed by atoms with van der Waals surface area (Å²) < 4.78 is 51.6. The van der Waals surface area contributed by atoms with E-state index in [1.807, 2.05) is 0 Å². The van der Waals surface area contributed by atoms with Crippen molar-refractivity contribution in [2.45, 2.75) is 10.9 Å². The van der Waals surface area contributed by atoms with Crippen LogP contribution in [0.25, 0.3) is 11.0 Å². The van der Waals surface area contributed by atoms with Crippen molar-refractivity contribution >= 4 is 60.3 Å². The van der Waals surface area contributed by atoms with Crippen LogP contribution >= 0.6 is 27.7 Å². The van der Waals surface area contributed by atoms with E-state index in [1.54, 1.807) is 48.5 Å². The molecular weight excluding hydrogens is 507 g/mol. The number of hydrogen-bond donors (Lipinski definition) is 2. The van der Waals surface area contributed by atoms with E-state index in [1.165, 1.54) is 18.2 Å². The smallest absolute Gasteiger partial charge is 0.247 e. The van der Waals surface area contributed by atoms with E-state index in [0.29, 0.717) is 15.6 Å². The average molecular weight is 521 g/mol. The van der Waals surface area contributed by atoms with Crippen molar-refractivity contribution in [2.24, 2.45) is 0 Å². The van der Waals surface area contributed by atoms with Crippen LogP contribution in [-0.4, -0.2) is 23.1 Å². The number of rotatable bonds is 6. The Hall–Kier alpha value is -2.73. The third kappa shape index (κ3) is 4.64. The van der Waals surface area contributed by atoms with E-state index >= 15 is 0 Å². The van der Waals surface area contributed by atoms with Gasteiger partial charge in [-0.3, -0.25) is 4.79 Å². The number of anilines is 1. The molecule has 2 N–H and O–H groups in total. The van der Waals surface area contributed by atoms with Crippen molar-refractivity contribution in [3.05, 3.63) is 82.6 Å². The van der Waals surface area contributed by atoms with Gasteiger partial charge in [0.2, 0.25) is 15.9 Å². The number of fused-ring (bicyclic) bond motifs is 1. The molecule has 0 fully saturated rings. The van der Waals surface area contributed by atoms with Gasteiger partial charge in [0.25, 0.3) is 0 Å². The molecule has 0 saturated carbocycles. The molecule has 0 spiro atoms. The van der Waals surface area contributed by atoms with E-state index in [0.717, 1.165) is 11.7 Å². The lowest BCUT2D eigenvalue weighted by Crippen LogP contribution is -2.37. The van der Waals surface area contributed by atoms with Crippen molar-refractivity contribution in [1.82, 2.24) is 13.5 Å². The normalized spacial score (nSPS) is 12.6. The molecule has 11 heteroatoms. The maximum atomic E-state index is 14.2. The fourth-order valence-corrected chi connectivity index (χ4v) is 5.21. The fraction of sp³-hybridized carbons (Fsp3) is 0.0500. The zero-order valence-corrected chi connectivity index (χ0v) is 18.8. The molecule has 31 heavy (non-hydrogen) atoms.